The van der Waals surface area contributed by atoms with Crippen LogP contribution in [0.15, 0.2) is 30.5 Å². The summed E-state index contributed by atoms with van der Waals surface area (Å²) in [5, 5.41) is 4.15. The van der Waals surface area contributed by atoms with Crippen molar-refractivity contribution in [3.8, 4) is 11.6 Å². The van der Waals surface area contributed by atoms with Crippen LogP contribution in [0.2, 0.25) is 0 Å². The average molecular weight is 202 g/mol. The van der Waals surface area contributed by atoms with Crippen LogP contribution in [0.5, 0.6) is 11.6 Å². The number of hydrogen-bond acceptors (Lipinski definition) is 2. The zero-order valence-electron chi connectivity index (χ0n) is 9.19. The maximum absolute atomic E-state index is 5.60. The Morgan fingerprint density at radius 3 is 2.53 bits per heavy atom. The maximum atomic E-state index is 5.60. The highest BCUT2D eigenvalue weighted by Gasteiger charge is 2.01. The number of hydrogen-bond donors (Lipinski definition) is 0. The van der Waals surface area contributed by atoms with Crippen molar-refractivity contribution >= 4 is 0 Å². The van der Waals surface area contributed by atoms with Crippen LogP contribution in [-0.2, 0) is 7.05 Å². The Morgan fingerprint density at radius 2 is 1.93 bits per heavy atom. The molecule has 0 saturated heterocycles. The molecule has 1 heterocycles. The van der Waals surface area contributed by atoms with Gasteiger partial charge in [-0.2, -0.15) is 0 Å². The molecule has 0 spiro atoms. The number of benzene rings is 1. The molecule has 0 fully saturated rings. The molecule has 15 heavy (non-hydrogen) atoms. The number of ether oxygens (including phenoxy) is 1. The molecular weight excluding hydrogens is 188 g/mol. The van der Waals surface area contributed by atoms with E-state index in [2.05, 4.69) is 18.9 Å². The third-order valence-electron chi connectivity index (χ3n) is 2.39. The lowest BCUT2D eigenvalue weighted by atomic mass is 10.1. The lowest BCUT2D eigenvalue weighted by Gasteiger charge is -2.04. The van der Waals surface area contributed by atoms with Crippen LogP contribution in [0.25, 0.3) is 0 Å². The van der Waals surface area contributed by atoms with Crippen molar-refractivity contribution < 1.29 is 4.74 Å². The Labute approximate surface area is 89.3 Å². The quantitative estimate of drug-likeness (QED) is 0.748. The van der Waals surface area contributed by atoms with Crippen LogP contribution in [-0.4, -0.2) is 9.78 Å². The van der Waals surface area contributed by atoms with E-state index in [0.717, 1.165) is 5.75 Å². The normalized spacial score (nSPS) is 10.3. The van der Waals surface area contributed by atoms with E-state index < -0.39 is 0 Å². The first-order valence-corrected chi connectivity index (χ1v) is 4.90. The first-order valence-electron chi connectivity index (χ1n) is 4.90. The first-order chi connectivity index (χ1) is 7.15. The molecule has 0 radical (unpaired) electrons. The topological polar surface area (TPSA) is 27.1 Å². The molecule has 0 saturated carbocycles. The molecule has 0 unspecified atom stereocenters. The summed E-state index contributed by atoms with van der Waals surface area (Å²) in [5.74, 6) is 1.46. The molecule has 3 nitrogen and oxygen atoms in total. The molecule has 0 amide bonds. The molecule has 1 aromatic carbocycles. The van der Waals surface area contributed by atoms with E-state index in [9.17, 15) is 0 Å². The summed E-state index contributed by atoms with van der Waals surface area (Å²) in [7, 11) is 1.87. The fraction of sp³-hybridized carbons (Fsp3) is 0.250. The molecule has 2 rings (SSSR count). The minimum Gasteiger partial charge on any atom is -0.438 e. The second-order valence-electron chi connectivity index (χ2n) is 3.68. The highest BCUT2D eigenvalue weighted by molar-refractivity contribution is 5.35. The van der Waals surface area contributed by atoms with Crippen LogP contribution >= 0.6 is 0 Å². The number of aryl methyl sites for hydroxylation is 3. The molecule has 0 bridgehead atoms. The summed E-state index contributed by atoms with van der Waals surface area (Å²) in [5.41, 5.74) is 2.49. The summed E-state index contributed by atoms with van der Waals surface area (Å²) < 4.78 is 7.32. The molecular formula is C12H14N2O. The van der Waals surface area contributed by atoms with Gasteiger partial charge in [-0.1, -0.05) is 6.07 Å². The molecule has 0 aliphatic heterocycles. The standard InChI is InChI=1S/C12H14N2O/c1-9-4-5-11(8-10(9)2)15-12-6-7-14(3)13-12/h4-8H,1-3H3. The molecule has 0 atom stereocenters. The Morgan fingerprint density at radius 1 is 1.13 bits per heavy atom. The van der Waals surface area contributed by atoms with Crippen LogP contribution in [0.3, 0.4) is 0 Å². The number of aromatic nitrogens is 2. The summed E-state index contributed by atoms with van der Waals surface area (Å²) in [6.07, 6.45) is 1.86. The second-order valence-corrected chi connectivity index (χ2v) is 3.68. The zero-order chi connectivity index (χ0) is 10.8. The van der Waals surface area contributed by atoms with Crippen LogP contribution in [0.1, 0.15) is 11.1 Å². The Bertz CT molecular complexity index is 474. The van der Waals surface area contributed by atoms with Gasteiger partial charge in [0.1, 0.15) is 5.75 Å². The fourth-order valence-electron chi connectivity index (χ4n) is 1.35. The lowest BCUT2D eigenvalue weighted by molar-refractivity contribution is 0.453. The van der Waals surface area contributed by atoms with Gasteiger partial charge in [0.25, 0.3) is 0 Å². The van der Waals surface area contributed by atoms with E-state index in [4.69, 9.17) is 4.74 Å². The second kappa shape index (κ2) is 3.77. The molecule has 0 aliphatic rings. The van der Waals surface area contributed by atoms with Gasteiger partial charge in [-0.25, -0.2) is 0 Å². The number of nitrogens with zero attached hydrogens (tertiary/aromatic N) is 2. The number of rotatable bonds is 2. The van der Waals surface area contributed by atoms with Crippen molar-refractivity contribution in [2.24, 2.45) is 7.05 Å². The van der Waals surface area contributed by atoms with E-state index in [1.54, 1.807) is 4.68 Å². The summed E-state index contributed by atoms with van der Waals surface area (Å²) >= 11 is 0. The van der Waals surface area contributed by atoms with E-state index in [1.807, 2.05) is 37.5 Å². The highest BCUT2D eigenvalue weighted by Crippen LogP contribution is 2.21. The Kier molecular flexibility index (Phi) is 2.46. The Hall–Kier alpha value is -1.77. The highest BCUT2D eigenvalue weighted by atomic mass is 16.5. The summed E-state index contributed by atoms with van der Waals surface area (Å²) in [4.78, 5) is 0. The molecule has 0 aliphatic carbocycles. The predicted molar refractivity (Wildman–Crippen MR) is 59.2 cm³/mol. The van der Waals surface area contributed by atoms with Gasteiger partial charge in [0.2, 0.25) is 5.88 Å². The minimum absolute atomic E-state index is 0.626. The SMILES string of the molecule is Cc1ccc(Oc2ccn(C)n2)cc1C. The largest absolute Gasteiger partial charge is 0.438 e. The maximum Gasteiger partial charge on any atom is 0.238 e. The summed E-state index contributed by atoms with van der Waals surface area (Å²) in [6.45, 7) is 4.15. The molecule has 78 valence electrons. The van der Waals surface area contributed by atoms with E-state index in [1.165, 1.54) is 11.1 Å². The van der Waals surface area contributed by atoms with Crippen molar-refractivity contribution in [3.63, 3.8) is 0 Å². The van der Waals surface area contributed by atoms with Gasteiger partial charge >= 0.3 is 0 Å². The van der Waals surface area contributed by atoms with Gasteiger partial charge in [-0.3, -0.25) is 4.68 Å². The predicted octanol–water partition coefficient (Wildman–Crippen LogP) is 2.83. The van der Waals surface area contributed by atoms with Gasteiger partial charge in [0, 0.05) is 19.3 Å². The van der Waals surface area contributed by atoms with Gasteiger partial charge in [-0.15, -0.1) is 5.10 Å². The minimum atomic E-state index is 0.626. The van der Waals surface area contributed by atoms with Crippen LogP contribution in [0.4, 0.5) is 0 Å². The summed E-state index contributed by atoms with van der Waals surface area (Å²) in [6, 6.07) is 7.86. The zero-order valence-corrected chi connectivity index (χ0v) is 9.19. The van der Waals surface area contributed by atoms with Crippen molar-refractivity contribution in [1.82, 2.24) is 9.78 Å². The van der Waals surface area contributed by atoms with Gasteiger partial charge < -0.3 is 4.74 Å². The van der Waals surface area contributed by atoms with Gasteiger partial charge in [-0.05, 0) is 37.1 Å². The smallest absolute Gasteiger partial charge is 0.238 e. The lowest BCUT2D eigenvalue weighted by Crippen LogP contribution is -1.90. The average Bonchev–Trinajstić information content (AvgIpc) is 2.58. The molecule has 2 aromatic rings. The van der Waals surface area contributed by atoms with E-state index in [0.29, 0.717) is 5.88 Å². The van der Waals surface area contributed by atoms with Gasteiger partial charge in [0.15, 0.2) is 0 Å². The fourth-order valence-corrected chi connectivity index (χ4v) is 1.35. The third-order valence-corrected chi connectivity index (χ3v) is 2.39. The third kappa shape index (κ3) is 2.18. The van der Waals surface area contributed by atoms with Crippen molar-refractivity contribution in [3.05, 3.63) is 41.6 Å². The van der Waals surface area contributed by atoms with E-state index >= 15 is 0 Å². The molecule has 0 N–H and O–H groups in total. The van der Waals surface area contributed by atoms with Gasteiger partial charge in [0.05, 0.1) is 0 Å². The van der Waals surface area contributed by atoms with Crippen LogP contribution in [0, 0.1) is 13.8 Å². The molecule has 3 heteroatoms. The van der Waals surface area contributed by atoms with E-state index in [-0.39, 0.29) is 0 Å². The van der Waals surface area contributed by atoms with Crippen molar-refractivity contribution in [1.29, 1.82) is 0 Å². The monoisotopic (exact) mass is 202 g/mol. The van der Waals surface area contributed by atoms with Crippen molar-refractivity contribution in [2.45, 2.75) is 13.8 Å². The van der Waals surface area contributed by atoms with Crippen molar-refractivity contribution in [2.75, 3.05) is 0 Å². The molecule has 1 aromatic heterocycles. The first kappa shape index (κ1) is 9.77. The Balaban J connectivity index is 2.21. The van der Waals surface area contributed by atoms with Crippen LogP contribution < -0.4 is 4.74 Å².